The van der Waals surface area contributed by atoms with Gasteiger partial charge >= 0.3 is 6.03 Å². The van der Waals surface area contributed by atoms with E-state index in [1.807, 2.05) is 0 Å². The molecule has 0 radical (unpaired) electrons. The Labute approximate surface area is 183 Å². The molecule has 0 unspecified atom stereocenters. The fourth-order valence-electron chi connectivity index (χ4n) is 6.90. The molecule has 0 aromatic carbocycles. The summed E-state index contributed by atoms with van der Waals surface area (Å²) in [6, 6.07) is 0.0899. The molecule has 5 aliphatic rings. The summed E-state index contributed by atoms with van der Waals surface area (Å²) in [4.78, 5) is 20.8. The van der Waals surface area contributed by atoms with Crippen molar-refractivity contribution in [2.24, 2.45) is 27.7 Å². The van der Waals surface area contributed by atoms with Crippen LogP contribution in [0.15, 0.2) is 9.98 Å². The van der Waals surface area contributed by atoms with E-state index in [9.17, 15) is 4.79 Å². The van der Waals surface area contributed by atoms with Gasteiger partial charge < -0.3 is 10.6 Å². The van der Waals surface area contributed by atoms with E-state index in [0.29, 0.717) is 0 Å². The molecule has 0 aromatic heterocycles. The summed E-state index contributed by atoms with van der Waals surface area (Å²) >= 11 is 0. The summed E-state index contributed by atoms with van der Waals surface area (Å²) < 4.78 is 0. The molecule has 0 aromatic rings. The van der Waals surface area contributed by atoms with Crippen LogP contribution >= 0.6 is 0 Å². The van der Waals surface area contributed by atoms with Crippen molar-refractivity contribution in [1.82, 2.24) is 10.6 Å². The molecular formula is C25H42N4O. The molecule has 1 heterocycles. The standard InChI is InChI=1S/C25H42N4O/c30-24(29-25-15-20-12-21(16-25)14-22(13-20)17-25)27-11-9-7-5-3-1-2-4-6-8-10-23-18-26-19-28-23/h19-22H,1-18H2,(H2,27,29,30). The Bertz CT molecular complexity index is 591. The number of carbonyl (C=O) groups excluding carboxylic acids is 1. The predicted molar refractivity (Wildman–Crippen MR) is 124 cm³/mol. The van der Waals surface area contributed by atoms with Crippen molar-refractivity contribution < 1.29 is 4.79 Å². The highest BCUT2D eigenvalue weighted by molar-refractivity contribution is 5.96. The lowest BCUT2D eigenvalue weighted by molar-refractivity contribution is -0.0135. The Hall–Kier alpha value is -1.39. The molecule has 5 heteroatoms. The lowest BCUT2D eigenvalue weighted by atomic mass is 9.53. The maximum Gasteiger partial charge on any atom is 0.315 e. The number of nitrogens with zero attached hydrogens (tertiary/aromatic N) is 2. The van der Waals surface area contributed by atoms with E-state index in [2.05, 4.69) is 20.6 Å². The predicted octanol–water partition coefficient (Wildman–Crippen LogP) is 5.64. The first kappa shape index (κ1) is 21.8. The first-order valence-electron chi connectivity index (χ1n) is 12.8. The van der Waals surface area contributed by atoms with Gasteiger partial charge in [0.25, 0.3) is 0 Å². The molecule has 4 bridgehead atoms. The highest BCUT2D eigenvalue weighted by Gasteiger charge is 2.51. The van der Waals surface area contributed by atoms with Gasteiger partial charge in [-0.3, -0.25) is 4.99 Å². The summed E-state index contributed by atoms with van der Waals surface area (Å²) in [7, 11) is 0. The highest BCUT2D eigenvalue weighted by Crippen LogP contribution is 2.55. The number of aliphatic imine (C=N–C) groups is 2. The van der Waals surface area contributed by atoms with E-state index in [0.717, 1.165) is 43.7 Å². The van der Waals surface area contributed by atoms with Gasteiger partial charge in [-0.05, 0) is 75.5 Å². The SMILES string of the molecule is O=C(NCCCCCCCCCCCC1=NC=NC1)NC12CC3CC(CC(C3)C1)C2. The number of hydrogen-bond donors (Lipinski definition) is 2. The van der Waals surface area contributed by atoms with Crippen LogP contribution in [0, 0.1) is 17.8 Å². The lowest BCUT2D eigenvalue weighted by Crippen LogP contribution is -2.61. The van der Waals surface area contributed by atoms with E-state index in [4.69, 9.17) is 0 Å². The normalized spacial score (nSPS) is 31.2. The van der Waals surface area contributed by atoms with Gasteiger partial charge in [0.1, 0.15) is 6.34 Å². The zero-order valence-electron chi connectivity index (χ0n) is 18.8. The van der Waals surface area contributed by atoms with Crippen molar-refractivity contribution in [2.75, 3.05) is 13.1 Å². The summed E-state index contributed by atoms with van der Waals surface area (Å²) in [5.74, 6) is 2.65. The minimum absolute atomic E-state index is 0.0899. The second-order valence-electron chi connectivity index (χ2n) is 10.7. The van der Waals surface area contributed by atoms with Gasteiger partial charge in [0, 0.05) is 17.8 Å². The van der Waals surface area contributed by atoms with Gasteiger partial charge in [-0.15, -0.1) is 0 Å². The molecule has 0 atom stereocenters. The van der Waals surface area contributed by atoms with Crippen LogP contribution in [0.4, 0.5) is 4.79 Å². The van der Waals surface area contributed by atoms with Crippen molar-refractivity contribution in [3.05, 3.63) is 0 Å². The fraction of sp³-hybridized carbons (Fsp3) is 0.880. The van der Waals surface area contributed by atoms with Crippen LogP contribution in [0.3, 0.4) is 0 Å². The quantitative estimate of drug-likeness (QED) is 0.376. The van der Waals surface area contributed by atoms with Gasteiger partial charge in [0.2, 0.25) is 0 Å². The van der Waals surface area contributed by atoms with Crippen LogP contribution in [0.25, 0.3) is 0 Å². The van der Waals surface area contributed by atoms with Crippen molar-refractivity contribution >= 4 is 18.1 Å². The Morgan fingerprint density at radius 3 is 2.00 bits per heavy atom. The Morgan fingerprint density at radius 1 is 0.867 bits per heavy atom. The molecule has 30 heavy (non-hydrogen) atoms. The van der Waals surface area contributed by atoms with Gasteiger partial charge in [-0.25, -0.2) is 9.79 Å². The van der Waals surface area contributed by atoms with Crippen LogP contribution in [0.2, 0.25) is 0 Å². The minimum atomic E-state index is 0.0899. The number of amides is 2. The zero-order valence-corrected chi connectivity index (χ0v) is 18.8. The van der Waals surface area contributed by atoms with E-state index >= 15 is 0 Å². The molecule has 1 aliphatic heterocycles. The molecule has 4 fully saturated rings. The second-order valence-corrected chi connectivity index (χ2v) is 10.7. The van der Waals surface area contributed by atoms with Crippen molar-refractivity contribution in [2.45, 2.75) is 108 Å². The Morgan fingerprint density at radius 2 is 1.43 bits per heavy atom. The molecule has 168 valence electrons. The van der Waals surface area contributed by atoms with Crippen molar-refractivity contribution in [3.8, 4) is 0 Å². The van der Waals surface area contributed by atoms with Gasteiger partial charge in [0.05, 0.1) is 6.54 Å². The third-order valence-electron chi connectivity index (χ3n) is 7.94. The Kier molecular flexibility index (Phi) is 7.83. The van der Waals surface area contributed by atoms with Gasteiger partial charge in [-0.2, -0.15) is 0 Å². The van der Waals surface area contributed by atoms with Crippen LogP contribution in [-0.4, -0.2) is 36.7 Å². The minimum Gasteiger partial charge on any atom is -0.338 e. The van der Waals surface area contributed by atoms with Crippen LogP contribution in [0.5, 0.6) is 0 Å². The summed E-state index contributed by atoms with van der Waals surface area (Å²) in [5.41, 5.74) is 1.40. The largest absolute Gasteiger partial charge is 0.338 e. The first-order chi connectivity index (χ1) is 14.7. The van der Waals surface area contributed by atoms with E-state index in [-0.39, 0.29) is 11.6 Å². The number of carbonyl (C=O) groups is 1. The maximum absolute atomic E-state index is 12.4. The second kappa shape index (κ2) is 10.8. The van der Waals surface area contributed by atoms with Gasteiger partial charge in [0.15, 0.2) is 0 Å². The fourth-order valence-corrected chi connectivity index (χ4v) is 6.90. The summed E-state index contributed by atoms with van der Waals surface area (Å²) in [6.07, 6.45) is 22.4. The number of unbranched alkanes of at least 4 members (excludes halogenated alkanes) is 8. The Balaban J connectivity index is 0.950. The third kappa shape index (κ3) is 6.31. The van der Waals surface area contributed by atoms with Crippen LogP contribution in [-0.2, 0) is 0 Å². The molecule has 2 amide bonds. The molecule has 4 saturated carbocycles. The van der Waals surface area contributed by atoms with E-state index < -0.39 is 0 Å². The number of nitrogens with one attached hydrogen (secondary N) is 2. The van der Waals surface area contributed by atoms with Crippen molar-refractivity contribution in [1.29, 1.82) is 0 Å². The molecule has 2 N–H and O–H groups in total. The monoisotopic (exact) mass is 414 g/mol. The molecule has 5 nitrogen and oxygen atoms in total. The third-order valence-corrected chi connectivity index (χ3v) is 7.94. The van der Waals surface area contributed by atoms with Gasteiger partial charge in [-0.1, -0.05) is 44.9 Å². The average molecular weight is 415 g/mol. The molecule has 4 aliphatic carbocycles. The van der Waals surface area contributed by atoms with Crippen LogP contribution < -0.4 is 10.6 Å². The van der Waals surface area contributed by atoms with Crippen LogP contribution in [0.1, 0.15) is 103 Å². The maximum atomic E-state index is 12.4. The molecule has 0 spiro atoms. The topological polar surface area (TPSA) is 65.8 Å². The number of urea groups is 1. The average Bonchev–Trinajstić information content (AvgIpc) is 3.21. The van der Waals surface area contributed by atoms with Crippen molar-refractivity contribution in [3.63, 3.8) is 0 Å². The lowest BCUT2D eigenvalue weighted by Gasteiger charge is -2.56. The molecule has 5 rings (SSSR count). The van der Waals surface area contributed by atoms with E-state index in [1.54, 1.807) is 6.34 Å². The molecular weight excluding hydrogens is 372 g/mol. The number of hydrogen-bond acceptors (Lipinski definition) is 3. The first-order valence-corrected chi connectivity index (χ1v) is 12.8. The number of rotatable bonds is 13. The summed E-state index contributed by atoms with van der Waals surface area (Å²) in [6.45, 7) is 1.66. The highest BCUT2D eigenvalue weighted by atomic mass is 16.2. The zero-order chi connectivity index (χ0) is 20.7. The van der Waals surface area contributed by atoms with E-state index in [1.165, 1.54) is 95.6 Å². The summed E-state index contributed by atoms with van der Waals surface area (Å²) in [5, 5.41) is 6.55. The molecule has 0 saturated heterocycles. The smallest absolute Gasteiger partial charge is 0.315 e.